The first-order valence-corrected chi connectivity index (χ1v) is 7.29. The van der Waals surface area contributed by atoms with Gasteiger partial charge in [0.15, 0.2) is 11.2 Å². The van der Waals surface area contributed by atoms with Crippen molar-refractivity contribution in [3.05, 3.63) is 51.2 Å². The third-order valence-electron chi connectivity index (χ3n) is 2.67. The number of imidazole rings is 1. The lowest BCUT2D eigenvalue weighted by atomic mass is 10.2. The van der Waals surface area contributed by atoms with Crippen molar-refractivity contribution in [3.63, 3.8) is 0 Å². The summed E-state index contributed by atoms with van der Waals surface area (Å²) in [7, 11) is 0. The molecule has 0 radical (unpaired) electrons. The van der Waals surface area contributed by atoms with Gasteiger partial charge in [-0.05, 0) is 12.1 Å². The predicted molar refractivity (Wildman–Crippen MR) is 79.3 cm³/mol. The summed E-state index contributed by atoms with van der Waals surface area (Å²) in [6, 6.07) is 3.05. The van der Waals surface area contributed by atoms with E-state index in [0.717, 1.165) is 10.7 Å². The van der Waals surface area contributed by atoms with Gasteiger partial charge < -0.3 is 4.74 Å². The minimum absolute atomic E-state index is 0.233. The van der Waals surface area contributed by atoms with Crippen molar-refractivity contribution in [2.24, 2.45) is 0 Å². The van der Waals surface area contributed by atoms with Crippen LogP contribution in [0.1, 0.15) is 16.1 Å². The number of thiazole rings is 1. The molecule has 3 rings (SSSR count). The van der Waals surface area contributed by atoms with Crippen LogP contribution in [0.4, 0.5) is 0 Å². The molecule has 0 aliphatic carbocycles. The van der Waals surface area contributed by atoms with Gasteiger partial charge >= 0.3 is 0 Å². The van der Waals surface area contributed by atoms with E-state index in [2.05, 4.69) is 4.98 Å². The van der Waals surface area contributed by atoms with Crippen LogP contribution in [0, 0.1) is 0 Å². The topological polar surface area (TPSA) is 43.6 Å². The first kappa shape index (κ1) is 13.4. The summed E-state index contributed by atoms with van der Waals surface area (Å²) in [6.45, 7) is 0.233. The number of hydrogen-bond donors (Lipinski definition) is 0. The molecule has 0 aliphatic heterocycles. The normalized spacial score (nSPS) is 10.9. The molecule has 0 unspecified atom stereocenters. The maximum atomic E-state index is 11.0. The van der Waals surface area contributed by atoms with Gasteiger partial charge in [0.25, 0.3) is 0 Å². The van der Waals surface area contributed by atoms with Gasteiger partial charge in [-0.15, -0.1) is 11.3 Å². The quantitative estimate of drug-likeness (QED) is 0.678. The number of fused-ring (bicyclic) bond motifs is 1. The molecule has 4 nitrogen and oxygen atoms in total. The number of halogens is 2. The van der Waals surface area contributed by atoms with Crippen molar-refractivity contribution < 1.29 is 9.53 Å². The van der Waals surface area contributed by atoms with Crippen molar-refractivity contribution in [3.8, 4) is 5.75 Å². The zero-order valence-electron chi connectivity index (χ0n) is 10.0. The van der Waals surface area contributed by atoms with Gasteiger partial charge in [0.05, 0.1) is 16.3 Å². The molecule has 7 heteroatoms. The maximum Gasteiger partial charge on any atom is 0.193 e. The molecule has 102 valence electrons. The molecule has 0 N–H and O–H groups in total. The van der Waals surface area contributed by atoms with Crippen molar-refractivity contribution in [2.45, 2.75) is 6.61 Å². The minimum Gasteiger partial charge on any atom is -0.485 e. The van der Waals surface area contributed by atoms with Gasteiger partial charge in [-0.25, -0.2) is 4.98 Å². The second kappa shape index (κ2) is 5.44. The Labute approximate surface area is 128 Å². The molecule has 0 spiro atoms. The highest BCUT2D eigenvalue weighted by Crippen LogP contribution is 2.32. The molecule has 0 aliphatic rings. The van der Waals surface area contributed by atoms with Crippen molar-refractivity contribution >= 4 is 45.8 Å². The molecular formula is C13H8Cl2N2O2S. The largest absolute Gasteiger partial charge is 0.485 e. The van der Waals surface area contributed by atoms with E-state index in [-0.39, 0.29) is 6.61 Å². The van der Waals surface area contributed by atoms with E-state index in [0.29, 0.717) is 27.6 Å². The molecule has 3 aromatic rings. The number of ether oxygens (including phenoxy) is 1. The first-order valence-electron chi connectivity index (χ1n) is 5.65. The molecule has 2 heterocycles. The van der Waals surface area contributed by atoms with E-state index in [1.165, 1.54) is 23.5 Å². The van der Waals surface area contributed by atoms with Gasteiger partial charge in [0, 0.05) is 22.8 Å². The Morgan fingerprint density at radius 3 is 3.00 bits per heavy atom. The molecule has 0 bridgehead atoms. The van der Waals surface area contributed by atoms with Crippen LogP contribution in [0.2, 0.25) is 10.0 Å². The summed E-state index contributed by atoms with van der Waals surface area (Å²) in [6.07, 6.45) is 4.46. The fraction of sp³-hybridized carbons (Fsp3) is 0.0769. The third-order valence-corrected chi connectivity index (χ3v) is 3.94. The molecular weight excluding hydrogens is 319 g/mol. The minimum atomic E-state index is 0.233. The Morgan fingerprint density at radius 1 is 1.40 bits per heavy atom. The average molecular weight is 327 g/mol. The Morgan fingerprint density at radius 2 is 2.25 bits per heavy atom. The van der Waals surface area contributed by atoms with Crippen LogP contribution in [-0.2, 0) is 6.61 Å². The van der Waals surface area contributed by atoms with Gasteiger partial charge in [-0.2, -0.15) is 0 Å². The van der Waals surface area contributed by atoms with Crippen LogP contribution >= 0.6 is 34.5 Å². The van der Waals surface area contributed by atoms with Gasteiger partial charge in [0.1, 0.15) is 12.4 Å². The Balaban J connectivity index is 1.84. The zero-order chi connectivity index (χ0) is 14.1. The molecule has 20 heavy (non-hydrogen) atoms. The van der Waals surface area contributed by atoms with Gasteiger partial charge in [-0.3, -0.25) is 9.20 Å². The number of carbonyl (C=O) groups is 1. The fourth-order valence-corrected chi connectivity index (χ4v) is 3.09. The van der Waals surface area contributed by atoms with Crippen LogP contribution in [0.5, 0.6) is 5.75 Å². The van der Waals surface area contributed by atoms with Crippen LogP contribution in [-0.4, -0.2) is 15.7 Å². The van der Waals surface area contributed by atoms with Crippen LogP contribution in [0.3, 0.4) is 0 Å². The molecule has 0 atom stereocenters. The van der Waals surface area contributed by atoms with E-state index >= 15 is 0 Å². The summed E-state index contributed by atoms with van der Waals surface area (Å²) < 4.78 is 7.52. The van der Waals surface area contributed by atoms with Gasteiger partial charge in [-0.1, -0.05) is 23.2 Å². The smallest absolute Gasteiger partial charge is 0.193 e. The molecule has 0 amide bonds. The molecule has 0 saturated carbocycles. The SMILES string of the molecule is O=Cc1cc(Cl)cc(Cl)c1OCc1cn2ccsc2n1. The lowest BCUT2D eigenvalue weighted by Crippen LogP contribution is -1.99. The number of aromatic nitrogens is 2. The summed E-state index contributed by atoms with van der Waals surface area (Å²) in [5, 5.41) is 2.65. The van der Waals surface area contributed by atoms with Crippen molar-refractivity contribution in [1.82, 2.24) is 9.38 Å². The van der Waals surface area contributed by atoms with Crippen LogP contribution < -0.4 is 4.74 Å². The highest BCUT2D eigenvalue weighted by Gasteiger charge is 2.11. The van der Waals surface area contributed by atoms with Crippen LogP contribution in [0.15, 0.2) is 29.9 Å². The summed E-state index contributed by atoms with van der Waals surface area (Å²) >= 11 is 13.4. The monoisotopic (exact) mass is 326 g/mol. The number of benzene rings is 1. The Kier molecular flexibility index (Phi) is 3.65. The number of aldehydes is 1. The highest BCUT2D eigenvalue weighted by atomic mass is 35.5. The highest BCUT2D eigenvalue weighted by molar-refractivity contribution is 7.15. The molecule has 0 saturated heterocycles. The first-order chi connectivity index (χ1) is 9.67. The number of nitrogens with zero attached hydrogens (tertiary/aromatic N) is 2. The average Bonchev–Trinajstić information content (AvgIpc) is 2.97. The van der Waals surface area contributed by atoms with E-state index in [1.54, 1.807) is 0 Å². The number of carbonyl (C=O) groups excluding carboxylic acids is 1. The fourth-order valence-electron chi connectivity index (χ4n) is 1.81. The summed E-state index contributed by atoms with van der Waals surface area (Å²) in [5.74, 6) is 0.322. The van der Waals surface area contributed by atoms with Crippen molar-refractivity contribution in [1.29, 1.82) is 0 Å². The van der Waals surface area contributed by atoms with Crippen LogP contribution in [0.25, 0.3) is 4.96 Å². The second-order valence-corrected chi connectivity index (χ2v) is 5.75. The molecule has 1 aromatic carbocycles. The summed E-state index contributed by atoms with van der Waals surface area (Å²) in [4.78, 5) is 16.3. The maximum absolute atomic E-state index is 11.0. The summed E-state index contributed by atoms with van der Waals surface area (Å²) in [5.41, 5.74) is 1.09. The van der Waals surface area contributed by atoms with E-state index in [1.807, 2.05) is 22.2 Å². The Bertz CT molecular complexity index is 753. The van der Waals surface area contributed by atoms with E-state index < -0.39 is 0 Å². The number of rotatable bonds is 4. The Hall–Kier alpha value is -1.56. The standard InChI is InChI=1S/C13H8Cl2N2O2S/c14-9-3-8(6-18)12(11(15)4-9)19-7-10-5-17-1-2-20-13(17)16-10/h1-6H,7H2. The van der Waals surface area contributed by atoms with E-state index in [9.17, 15) is 4.79 Å². The molecule has 0 fully saturated rings. The lowest BCUT2D eigenvalue weighted by Gasteiger charge is -2.09. The zero-order valence-corrected chi connectivity index (χ0v) is 12.4. The van der Waals surface area contributed by atoms with E-state index in [4.69, 9.17) is 27.9 Å². The lowest BCUT2D eigenvalue weighted by molar-refractivity contribution is 0.111. The number of hydrogen-bond acceptors (Lipinski definition) is 4. The van der Waals surface area contributed by atoms with Crippen molar-refractivity contribution in [2.75, 3.05) is 0 Å². The van der Waals surface area contributed by atoms with Gasteiger partial charge in [0.2, 0.25) is 0 Å². The third kappa shape index (κ3) is 2.52. The molecule has 2 aromatic heterocycles. The second-order valence-electron chi connectivity index (χ2n) is 4.04. The predicted octanol–water partition coefficient (Wildman–Crippen LogP) is 4.09.